The van der Waals surface area contributed by atoms with Gasteiger partial charge in [-0.2, -0.15) is 13.2 Å². The van der Waals surface area contributed by atoms with Gasteiger partial charge >= 0.3 is 6.18 Å². The second-order valence-electron chi connectivity index (χ2n) is 9.17. The van der Waals surface area contributed by atoms with Crippen LogP contribution in [0.15, 0.2) is 85.5 Å². The fourth-order valence-corrected chi connectivity index (χ4v) is 4.25. The average Bonchev–Trinajstić information content (AvgIpc) is 3.37. The predicted molar refractivity (Wildman–Crippen MR) is 136 cm³/mol. The highest BCUT2D eigenvalue weighted by Gasteiger charge is 2.31. The van der Waals surface area contributed by atoms with E-state index in [1.165, 1.54) is 12.4 Å². The summed E-state index contributed by atoms with van der Waals surface area (Å²) in [5, 5.41) is 11.6. The minimum atomic E-state index is -4.49. The van der Waals surface area contributed by atoms with E-state index in [4.69, 9.17) is 10.7 Å². The molecule has 7 nitrogen and oxygen atoms in total. The van der Waals surface area contributed by atoms with Gasteiger partial charge in [-0.1, -0.05) is 42.5 Å². The van der Waals surface area contributed by atoms with Crippen molar-refractivity contribution in [2.75, 3.05) is 11.9 Å². The highest BCUT2D eigenvalue weighted by atomic mass is 19.4. The summed E-state index contributed by atoms with van der Waals surface area (Å²) in [7, 11) is 0. The molecule has 10 heteroatoms. The molecule has 1 atom stereocenters. The molecular weight excluding hydrogens is 479 g/mol. The van der Waals surface area contributed by atoms with E-state index in [2.05, 4.69) is 20.5 Å². The van der Waals surface area contributed by atoms with Crippen molar-refractivity contribution in [1.82, 2.24) is 24.6 Å². The Morgan fingerprint density at radius 2 is 1.70 bits per heavy atom. The van der Waals surface area contributed by atoms with Gasteiger partial charge in [0.1, 0.15) is 6.33 Å². The minimum Gasteiger partial charge on any atom is -0.353 e. The van der Waals surface area contributed by atoms with Crippen LogP contribution >= 0.6 is 0 Å². The van der Waals surface area contributed by atoms with Crippen molar-refractivity contribution in [3.05, 3.63) is 96.6 Å². The van der Waals surface area contributed by atoms with Crippen molar-refractivity contribution in [1.29, 1.82) is 0 Å². The summed E-state index contributed by atoms with van der Waals surface area (Å²) >= 11 is 0. The van der Waals surface area contributed by atoms with Crippen LogP contribution in [0.2, 0.25) is 0 Å². The van der Waals surface area contributed by atoms with E-state index in [9.17, 15) is 13.2 Å². The molecule has 0 aliphatic heterocycles. The van der Waals surface area contributed by atoms with Crippen LogP contribution in [0.1, 0.15) is 18.1 Å². The lowest BCUT2D eigenvalue weighted by Crippen LogP contribution is -2.45. The summed E-state index contributed by atoms with van der Waals surface area (Å²) < 4.78 is 42.2. The van der Waals surface area contributed by atoms with Crippen LogP contribution in [0.4, 0.5) is 19.1 Å². The Bertz CT molecular complexity index is 1510. The molecule has 3 N–H and O–H groups in total. The first kappa shape index (κ1) is 24.4. The molecule has 0 fully saturated rings. The summed E-state index contributed by atoms with van der Waals surface area (Å²) in [5.74, 6) is 0.423. The number of hydrogen-bond acceptors (Lipinski definition) is 6. The molecule has 1 unspecified atom stereocenters. The fraction of sp³-hybridized carbons (Fsp3) is 0.185. The van der Waals surface area contributed by atoms with E-state index in [0.717, 1.165) is 17.7 Å². The number of nitrogens with one attached hydrogen (secondary N) is 1. The topological polar surface area (TPSA) is 94.0 Å². The second-order valence-corrected chi connectivity index (χ2v) is 9.17. The summed E-state index contributed by atoms with van der Waals surface area (Å²) in [5.41, 5.74) is 8.58. The van der Waals surface area contributed by atoms with Gasteiger partial charge in [0.2, 0.25) is 5.95 Å². The van der Waals surface area contributed by atoms with Crippen LogP contribution in [0, 0.1) is 0 Å². The number of halogens is 3. The van der Waals surface area contributed by atoms with Gasteiger partial charge < -0.3 is 11.1 Å². The molecule has 37 heavy (non-hydrogen) atoms. The molecule has 0 amide bonds. The van der Waals surface area contributed by atoms with Crippen LogP contribution in [0.3, 0.4) is 0 Å². The SMILES string of the molecule is CC(N)(CNc1nc(-c2ccncc2)c(-c2cccc(C(F)(F)F)c2)c2nncn12)Cc1ccccc1. The Morgan fingerprint density at radius 3 is 2.43 bits per heavy atom. The first-order chi connectivity index (χ1) is 17.7. The molecule has 5 aromatic rings. The summed E-state index contributed by atoms with van der Waals surface area (Å²) in [6.07, 6.45) is 0.820. The molecule has 188 valence electrons. The largest absolute Gasteiger partial charge is 0.416 e. The third kappa shape index (κ3) is 5.29. The van der Waals surface area contributed by atoms with Crippen molar-refractivity contribution >= 4 is 11.6 Å². The van der Waals surface area contributed by atoms with Crippen molar-refractivity contribution in [3.63, 3.8) is 0 Å². The number of anilines is 1. The van der Waals surface area contributed by atoms with Crippen molar-refractivity contribution in [3.8, 4) is 22.4 Å². The van der Waals surface area contributed by atoms with Gasteiger partial charge in [-0.15, -0.1) is 10.2 Å². The van der Waals surface area contributed by atoms with Gasteiger partial charge in [-0.05, 0) is 48.7 Å². The zero-order chi connectivity index (χ0) is 26.0. The lowest BCUT2D eigenvalue weighted by molar-refractivity contribution is -0.137. The Balaban J connectivity index is 1.59. The van der Waals surface area contributed by atoms with E-state index in [1.807, 2.05) is 37.3 Å². The Hall–Kier alpha value is -4.31. The molecule has 5 rings (SSSR count). The number of benzene rings is 2. The molecule has 2 aromatic carbocycles. The molecule has 0 aliphatic rings. The number of fused-ring (bicyclic) bond motifs is 1. The number of nitrogens with zero attached hydrogens (tertiary/aromatic N) is 5. The van der Waals surface area contributed by atoms with Gasteiger partial charge in [0.25, 0.3) is 0 Å². The van der Waals surface area contributed by atoms with Crippen LogP contribution in [0.5, 0.6) is 0 Å². The zero-order valence-corrected chi connectivity index (χ0v) is 19.9. The third-order valence-electron chi connectivity index (χ3n) is 5.99. The first-order valence-electron chi connectivity index (χ1n) is 11.6. The van der Waals surface area contributed by atoms with Crippen LogP contribution in [-0.4, -0.2) is 36.6 Å². The zero-order valence-electron chi connectivity index (χ0n) is 19.9. The van der Waals surface area contributed by atoms with Gasteiger partial charge in [0.05, 0.1) is 16.8 Å². The number of rotatable bonds is 7. The quantitative estimate of drug-likeness (QED) is 0.315. The smallest absolute Gasteiger partial charge is 0.353 e. The number of pyridine rings is 1. The monoisotopic (exact) mass is 503 g/mol. The van der Waals surface area contributed by atoms with Crippen LogP contribution < -0.4 is 11.1 Å². The molecular formula is C27H24F3N7. The molecule has 0 spiro atoms. The van der Waals surface area contributed by atoms with E-state index in [0.29, 0.717) is 46.9 Å². The van der Waals surface area contributed by atoms with Crippen molar-refractivity contribution < 1.29 is 13.2 Å². The molecule has 3 heterocycles. The summed E-state index contributed by atoms with van der Waals surface area (Å²) in [6, 6.07) is 18.5. The van der Waals surface area contributed by atoms with Crippen LogP contribution in [0.25, 0.3) is 28.0 Å². The Labute approximate surface area is 211 Å². The lowest BCUT2D eigenvalue weighted by atomic mass is 9.94. The van der Waals surface area contributed by atoms with Gasteiger partial charge in [-0.3, -0.25) is 9.38 Å². The average molecular weight is 504 g/mol. The number of aromatic nitrogens is 5. The highest BCUT2D eigenvalue weighted by Crippen LogP contribution is 2.38. The van der Waals surface area contributed by atoms with E-state index in [1.54, 1.807) is 35.0 Å². The van der Waals surface area contributed by atoms with Crippen LogP contribution in [-0.2, 0) is 12.6 Å². The van der Waals surface area contributed by atoms with E-state index in [-0.39, 0.29) is 0 Å². The first-order valence-corrected chi connectivity index (χ1v) is 11.6. The van der Waals surface area contributed by atoms with Gasteiger partial charge in [-0.25, -0.2) is 4.98 Å². The molecule has 0 bridgehead atoms. The highest BCUT2D eigenvalue weighted by molar-refractivity contribution is 5.90. The summed E-state index contributed by atoms with van der Waals surface area (Å²) in [4.78, 5) is 8.89. The fourth-order valence-electron chi connectivity index (χ4n) is 4.25. The molecule has 3 aromatic heterocycles. The predicted octanol–water partition coefficient (Wildman–Crippen LogP) is 5.24. The second kappa shape index (κ2) is 9.62. The Kier molecular flexibility index (Phi) is 6.34. The lowest BCUT2D eigenvalue weighted by Gasteiger charge is -2.26. The molecule has 0 saturated carbocycles. The molecule has 0 aliphatic carbocycles. The maximum atomic E-state index is 13.5. The maximum absolute atomic E-state index is 13.5. The normalized spacial score (nSPS) is 13.4. The molecule has 0 radical (unpaired) electrons. The third-order valence-corrected chi connectivity index (χ3v) is 5.99. The maximum Gasteiger partial charge on any atom is 0.416 e. The number of alkyl halides is 3. The van der Waals surface area contributed by atoms with Crippen molar-refractivity contribution in [2.45, 2.75) is 25.1 Å². The number of hydrogen-bond donors (Lipinski definition) is 2. The standard InChI is InChI=1S/C27H24F3N7/c1-26(31,15-18-6-3-2-4-7-18)16-33-25-35-23(19-10-12-32-13-11-19)22(24-36-34-17-37(24)25)20-8-5-9-21(14-20)27(28,29)30/h2-14,17H,15-16,31H2,1H3,(H,33,35). The minimum absolute atomic E-state index is 0.325. The summed E-state index contributed by atoms with van der Waals surface area (Å²) in [6.45, 7) is 2.32. The van der Waals surface area contributed by atoms with E-state index < -0.39 is 17.3 Å². The molecule has 0 saturated heterocycles. The van der Waals surface area contributed by atoms with E-state index >= 15 is 0 Å². The van der Waals surface area contributed by atoms with Gasteiger partial charge in [0.15, 0.2) is 5.65 Å². The Morgan fingerprint density at radius 1 is 0.946 bits per heavy atom. The van der Waals surface area contributed by atoms with Crippen molar-refractivity contribution in [2.24, 2.45) is 5.73 Å². The van der Waals surface area contributed by atoms with Gasteiger partial charge in [0, 0.05) is 30.0 Å². The number of nitrogens with two attached hydrogens (primary N) is 1.